The quantitative estimate of drug-likeness (QED) is 0.138. The number of likely N-dealkylation sites (tertiary alicyclic amines) is 1. The Kier molecular flexibility index (Phi) is 22.1. The van der Waals surface area contributed by atoms with E-state index in [-0.39, 0.29) is 30.0 Å². The molecular formula is C52H77ClF6N2O3. The minimum atomic E-state index is -4.33. The molecule has 0 amide bonds. The van der Waals surface area contributed by atoms with Gasteiger partial charge in [-0.25, -0.2) is 0 Å². The van der Waals surface area contributed by atoms with Crippen LogP contribution in [0.5, 0.6) is 0 Å². The maximum atomic E-state index is 13.0. The average Bonchev–Trinajstić information content (AvgIpc) is 3.24. The van der Waals surface area contributed by atoms with Gasteiger partial charge in [0.2, 0.25) is 0 Å². The van der Waals surface area contributed by atoms with E-state index in [1.165, 1.54) is 94.3 Å². The Bertz CT molecular complexity index is 1710. The zero-order chi connectivity index (χ0) is 46.4. The molecule has 12 heteroatoms. The van der Waals surface area contributed by atoms with Crippen LogP contribution in [0, 0.1) is 23.7 Å². The van der Waals surface area contributed by atoms with Crippen LogP contribution in [0.1, 0.15) is 142 Å². The first-order chi connectivity index (χ1) is 29.5. The highest BCUT2D eigenvalue weighted by molar-refractivity contribution is 5.91. The summed E-state index contributed by atoms with van der Waals surface area (Å²) in [5, 5.41) is 3.42. The van der Waals surface area contributed by atoms with Gasteiger partial charge in [0, 0.05) is 38.9 Å². The Morgan fingerprint density at radius 3 is 1.38 bits per heavy atom. The van der Waals surface area contributed by atoms with Crippen LogP contribution in [0.25, 0.3) is 0 Å². The lowest BCUT2D eigenvalue weighted by atomic mass is 9.76. The minimum Gasteiger partial charge on any atom is -0.381 e. The van der Waals surface area contributed by atoms with Gasteiger partial charge in [-0.15, -0.1) is 12.4 Å². The van der Waals surface area contributed by atoms with Gasteiger partial charge in [0.05, 0.1) is 11.1 Å². The standard InChI is InChI=1S/C26H38F3NO.C16H19F3O.C10H19NO.ClH/c1-19(2)17-24(30-13-9-20(10-14-30)21-11-15-31-16-12-21)18-25(3,4)22-5-7-23(8-6-22)26(27,28)29;1-11(2)9-14(20)10-15(3,4)12-5-7-13(8-6-12)16(17,18)19;1-5-11-6-2-9(1)10-3-7-12-8-4-10;/h5-8,17,20-21,24H,9-16,18H2,1-4H3;5-9H,10H2,1-4H3;9-11H,1-8H2;1H. The van der Waals surface area contributed by atoms with E-state index < -0.39 is 28.9 Å². The van der Waals surface area contributed by atoms with Crippen molar-refractivity contribution in [1.29, 1.82) is 0 Å². The SMILES string of the molecule is C1CC(C2CCOCC2)CCN1.CC(C)=CC(=O)CC(C)(C)c1ccc(C(F)(F)F)cc1.CC(C)=CC(CC(C)(C)c1ccc(C(F)(F)F)cc1)N1CCC(C2CCOCC2)CC1.Cl. The number of alkyl halides is 6. The van der Waals surface area contributed by atoms with Crippen molar-refractivity contribution in [2.75, 3.05) is 52.6 Å². The zero-order valence-electron chi connectivity index (χ0n) is 39.7. The van der Waals surface area contributed by atoms with E-state index in [1.807, 2.05) is 27.7 Å². The molecular weight excluding hydrogens is 850 g/mol. The van der Waals surface area contributed by atoms with Gasteiger partial charge in [0.1, 0.15) is 0 Å². The predicted molar refractivity (Wildman–Crippen MR) is 250 cm³/mol. The summed E-state index contributed by atoms with van der Waals surface area (Å²) in [5.41, 5.74) is 1.94. The zero-order valence-corrected chi connectivity index (χ0v) is 40.6. The summed E-state index contributed by atoms with van der Waals surface area (Å²) in [5.74, 6) is 3.56. The maximum absolute atomic E-state index is 13.0. The second kappa shape index (κ2) is 25.4. The number of rotatable bonds is 11. The Morgan fingerprint density at radius 2 is 0.984 bits per heavy atom. The molecule has 2 aromatic carbocycles. The lowest BCUT2D eigenvalue weighted by Crippen LogP contribution is -2.44. The molecule has 0 radical (unpaired) electrons. The molecule has 0 bridgehead atoms. The molecule has 1 N–H and O–H groups in total. The van der Waals surface area contributed by atoms with Crippen molar-refractivity contribution in [1.82, 2.24) is 10.2 Å². The minimum absolute atomic E-state index is 0. The van der Waals surface area contributed by atoms with Crippen molar-refractivity contribution in [2.45, 2.75) is 149 Å². The summed E-state index contributed by atoms with van der Waals surface area (Å²) < 4.78 is 87.3. The summed E-state index contributed by atoms with van der Waals surface area (Å²) in [6.45, 7) is 24.4. The lowest BCUT2D eigenvalue weighted by molar-refractivity contribution is -0.138. The first kappa shape index (κ1) is 55.6. The number of piperidine rings is 2. The second-order valence-electron chi connectivity index (χ2n) is 20.2. The third-order valence-corrected chi connectivity index (χ3v) is 13.6. The maximum Gasteiger partial charge on any atom is 0.416 e. The molecule has 4 aliphatic heterocycles. The van der Waals surface area contributed by atoms with Gasteiger partial charge >= 0.3 is 12.4 Å². The van der Waals surface area contributed by atoms with Crippen LogP contribution in [-0.2, 0) is 37.5 Å². The number of halogens is 7. The molecule has 4 aliphatic rings. The van der Waals surface area contributed by atoms with Crippen LogP contribution in [0.2, 0.25) is 0 Å². The molecule has 0 aliphatic carbocycles. The smallest absolute Gasteiger partial charge is 0.381 e. The highest BCUT2D eigenvalue weighted by Crippen LogP contribution is 2.38. The number of carbonyl (C=O) groups is 1. The van der Waals surface area contributed by atoms with Crippen molar-refractivity contribution in [3.05, 3.63) is 94.1 Å². The molecule has 1 unspecified atom stereocenters. The number of nitrogens with one attached hydrogen (secondary N) is 1. The normalized spacial score (nSPS) is 19.5. The highest BCUT2D eigenvalue weighted by atomic mass is 35.5. The predicted octanol–water partition coefficient (Wildman–Crippen LogP) is 13.6. The third kappa shape index (κ3) is 18.2. The lowest BCUT2D eigenvalue weighted by Gasteiger charge is -2.42. The summed E-state index contributed by atoms with van der Waals surface area (Å²) >= 11 is 0. The molecule has 5 nitrogen and oxygen atoms in total. The van der Waals surface area contributed by atoms with Crippen LogP contribution in [0.3, 0.4) is 0 Å². The van der Waals surface area contributed by atoms with Gasteiger partial charge in [0.25, 0.3) is 0 Å². The third-order valence-electron chi connectivity index (χ3n) is 13.6. The van der Waals surface area contributed by atoms with Gasteiger partial charge in [-0.3, -0.25) is 9.69 Å². The monoisotopic (exact) mass is 927 g/mol. The molecule has 4 saturated heterocycles. The topological polar surface area (TPSA) is 50.8 Å². The summed E-state index contributed by atoms with van der Waals surface area (Å²) in [4.78, 5) is 14.4. The van der Waals surface area contributed by atoms with Gasteiger partial charge in [-0.2, -0.15) is 26.3 Å². The van der Waals surface area contributed by atoms with Crippen LogP contribution >= 0.6 is 12.4 Å². The summed E-state index contributed by atoms with van der Waals surface area (Å²) in [7, 11) is 0. The molecule has 0 saturated carbocycles. The van der Waals surface area contributed by atoms with E-state index >= 15 is 0 Å². The summed E-state index contributed by atoms with van der Waals surface area (Å²) in [6.07, 6.45) is 6.72. The van der Waals surface area contributed by atoms with Crippen LogP contribution < -0.4 is 5.32 Å². The average molecular weight is 928 g/mol. The van der Waals surface area contributed by atoms with E-state index in [0.29, 0.717) is 6.04 Å². The molecule has 4 fully saturated rings. The Labute approximate surface area is 387 Å². The number of ketones is 1. The van der Waals surface area contributed by atoms with Gasteiger partial charge in [-0.05, 0) is 188 Å². The van der Waals surface area contributed by atoms with Crippen molar-refractivity contribution in [3.63, 3.8) is 0 Å². The molecule has 0 aromatic heterocycles. The number of carbonyl (C=O) groups excluding carboxylic acids is 1. The highest BCUT2D eigenvalue weighted by Gasteiger charge is 2.35. The van der Waals surface area contributed by atoms with Crippen molar-refractivity contribution in [3.8, 4) is 0 Å². The van der Waals surface area contributed by atoms with Crippen LogP contribution in [-0.4, -0.2) is 69.3 Å². The number of nitrogens with zero attached hydrogens (tertiary/aromatic N) is 1. The molecule has 362 valence electrons. The molecule has 0 spiro atoms. The van der Waals surface area contributed by atoms with Crippen molar-refractivity contribution < 1.29 is 40.6 Å². The molecule has 6 rings (SSSR count). The number of benzene rings is 2. The van der Waals surface area contributed by atoms with Gasteiger partial charge in [-0.1, -0.05) is 69.2 Å². The first-order valence-electron chi connectivity index (χ1n) is 23.3. The van der Waals surface area contributed by atoms with E-state index in [9.17, 15) is 31.1 Å². The first-order valence-corrected chi connectivity index (χ1v) is 23.3. The number of allylic oxidation sites excluding steroid dienone is 3. The molecule has 2 aromatic rings. The Balaban J connectivity index is 0.000000281. The van der Waals surface area contributed by atoms with Crippen LogP contribution in [0.15, 0.2) is 71.8 Å². The largest absolute Gasteiger partial charge is 0.416 e. The van der Waals surface area contributed by atoms with Gasteiger partial charge < -0.3 is 14.8 Å². The van der Waals surface area contributed by atoms with Crippen molar-refractivity contribution >= 4 is 18.2 Å². The van der Waals surface area contributed by atoms with E-state index in [4.69, 9.17) is 9.47 Å². The molecule has 1 atom stereocenters. The number of hydrogen-bond donors (Lipinski definition) is 1. The van der Waals surface area contributed by atoms with E-state index in [2.05, 4.69) is 44.0 Å². The Morgan fingerprint density at radius 1 is 0.609 bits per heavy atom. The van der Waals surface area contributed by atoms with Gasteiger partial charge in [0.15, 0.2) is 5.78 Å². The molecule has 4 heterocycles. The van der Waals surface area contributed by atoms with Crippen LogP contribution in [0.4, 0.5) is 26.3 Å². The Hall–Kier alpha value is -2.70. The fourth-order valence-electron chi connectivity index (χ4n) is 9.86. The number of ether oxygens (including phenoxy) is 2. The summed E-state index contributed by atoms with van der Waals surface area (Å²) in [6, 6.07) is 11.0. The van der Waals surface area contributed by atoms with E-state index in [0.717, 1.165) is 98.4 Å². The van der Waals surface area contributed by atoms with Crippen molar-refractivity contribution in [2.24, 2.45) is 23.7 Å². The fraction of sp³-hybridized carbons (Fsp3) is 0.673. The van der Waals surface area contributed by atoms with E-state index in [1.54, 1.807) is 18.2 Å². The molecule has 64 heavy (non-hydrogen) atoms. The second-order valence-corrected chi connectivity index (χ2v) is 20.2. The fourth-order valence-corrected chi connectivity index (χ4v) is 9.86. The number of hydrogen-bond acceptors (Lipinski definition) is 5.